The number of hydrogen-bond acceptors (Lipinski definition) is 4. The molecule has 8 heteroatoms. The zero-order valence-electron chi connectivity index (χ0n) is 10.1. The standard InChI is InChI=1S/C12H7Br3N2O3/c1-6-2-3-16-12(10(6)15)20-11-8(13)4-7(17(18)19)5-9(11)14/h2-5H,1H3. The smallest absolute Gasteiger partial charge is 0.271 e. The molecule has 0 aliphatic heterocycles. The van der Waals surface area contributed by atoms with E-state index in [0.717, 1.165) is 10.0 Å². The van der Waals surface area contributed by atoms with E-state index >= 15 is 0 Å². The fourth-order valence-electron chi connectivity index (χ4n) is 1.43. The summed E-state index contributed by atoms with van der Waals surface area (Å²) in [5, 5.41) is 10.8. The third-order valence-corrected chi connectivity index (χ3v) is 4.59. The van der Waals surface area contributed by atoms with E-state index in [1.54, 1.807) is 6.20 Å². The fraction of sp³-hybridized carbons (Fsp3) is 0.0833. The highest BCUT2D eigenvalue weighted by atomic mass is 79.9. The highest BCUT2D eigenvalue weighted by molar-refractivity contribution is 9.11. The van der Waals surface area contributed by atoms with Crippen LogP contribution < -0.4 is 4.74 Å². The van der Waals surface area contributed by atoms with Gasteiger partial charge in [0.2, 0.25) is 5.88 Å². The number of hydrogen-bond donors (Lipinski definition) is 0. The number of ether oxygens (including phenoxy) is 1. The van der Waals surface area contributed by atoms with Crippen LogP contribution in [0.25, 0.3) is 0 Å². The van der Waals surface area contributed by atoms with Crippen molar-refractivity contribution in [3.8, 4) is 11.6 Å². The lowest BCUT2D eigenvalue weighted by Crippen LogP contribution is -1.94. The maximum absolute atomic E-state index is 10.8. The largest absolute Gasteiger partial charge is 0.435 e. The number of nitro groups is 1. The van der Waals surface area contributed by atoms with Gasteiger partial charge in [-0.2, -0.15) is 0 Å². The molecule has 2 rings (SSSR count). The Hall–Kier alpha value is -0.990. The Morgan fingerprint density at radius 2 is 1.85 bits per heavy atom. The summed E-state index contributed by atoms with van der Waals surface area (Å²) in [4.78, 5) is 14.4. The average molecular weight is 467 g/mol. The van der Waals surface area contributed by atoms with Gasteiger partial charge in [-0.05, 0) is 66.3 Å². The summed E-state index contributed by atoms with van der Waals surface area (Å²) >= 11 is 9.93. The minimum atomic E-state index is -0.472. The number of nitro benzene ring substituents is 1. The van der Waals surface area contributed by atoms with Crippen molar-refractivity contribution in [3.05, 3.63) is 53.5 Å². The molecule has 0 bridgehead atoms. The van der Waals surface area contributed by atoms with E-state index in [0.29, 0.717) is 20.6 Å². The Balaban J connectivity index is 2.44. The number of non-ortho nitro benzene ring substituents is 1. The molecule has 0 amide bonds. The van der Waals surface area contributed by atoms with Crippen LogP contribution in [0.4, 0.5) is 5.69 Å². The third-order valence-electron chi connectivity index (χ3n) is 2.44. The van der Waals surface area contributed by atoms with Crippen LogP contribution in [0.5, 0.6) is 11.6 Å². The molecule has 1 aromatic heterocycles. The van der Waals surface area contributed by atoms with Gasteiger partial charge in [-0.3, -0.25) is 10.1 Å². The van der Waals surface area contributed by atoms with Crippen molar-refractivity contribution < 1.29 is 9.66 Å². The van der Waals surface area contributed by atoms with E-state index in [4.69, 9.17) is 4.74 Å². The molecule has 0 aliphatic carbocycles. The normalized spacial score (nSPS) is 10.4. The number of rotatable bonds is 3. The second kappa shape index (κ2) is 6.19. The van der Waals surface area contributed by atoms with Crippen molar-refractivity contribution >= 4 is 53.5 Å². The lowest BCUT2D eigenvalue weighted by molar-refractivity contribution is -0.385. The third kappa shape index (κ3) is 3.18. The summed E-state index contributed by atoms with van der Waals surface area (Å²) in [5.74, 6) is 0.814. The summed E-state index contributed by atoms with van der Waals surface area (Å²) in [7, 11) is 0. The number of pyridine rings is 1. The molecule has 0 fully saturated rings. The Kier molecular flexibility index (Phi) is 4.77. The van der Waals surface area contributed by atoms with E-state index in [2.05, 4.69) is 52.8 Å². The maximum Gasteiger partial charge on any atom is 0.271 e. The summed E-state index contributed by atoms with van der Waals surface area (Å²) < 4.78 is 7.38. The molecule has 1 aromatic carbocycles. The molecule has 2 aromatic rings. The van der Waals surface area contributed by atoms with Gasteiger partial charge >= 0.3 is 0 Å². The highest BCUT2D eigenvalue weighted by Gasteiger charge is 2.17. The number of aromatic nitrogens is 1. The van der Waals surface area contributed by atoms with Crippen LogP contribution in [0.15, 0.2) is 37.8 Å². The molecule has 1 heterocycles. The monoisotopic (exact) mass is 464 g/mol. The van der Waals surface area contributed by atoms with Crippen LogP contribution in [-0.2, 0) is 0 Å². The van der Waals surface area contributed by atoms with Crippen LogP contribution in [0.1, 0.15) is 5.56 Å². The summed E-state index contributed by atoms with van der Waals surface area (Å²) in [6.07, 6.45) is 1.63. The molecule has 0 saturated heterocycles. The molecule has 0 unspecified atom stereocenters. The predicted octanol–water partition coefficient (Wildman–Crippen LogP) is 5.38. The molecule has 0 atom stereocenters. The van der Waals surface area contributed by atoms with Crippen LogP contribution in [0.3, 0.4) is 0 Å². The van der Waals surface area contributed by atoms with Crippen molar-refractivity contribution in [2.45, 2.75) is 6.92 Å². The van der Waals surface area contributed by atoms with E-state index < -0.39 is 4.92 Å². The summed E-state index contributed by atoms with van der Waals surface area (Å²) in [5.41, 5.74) is 0.941. The maximum atomic E-state index is 10.8. The zero-order chi connectivity index (χ0) is 14.9. The van der Waals surface area contributed by atoms with Crippen LogP contribution in [0, 0.1) is 17.0 Å². The van der Waals surface area contributed by atoms with Gasteiger partial charge in [0, 0.05) is 18.3 Å². The van der Waals surface area contributed by atoms with Gasteiger partial charge in [0.25, 0.3) is 5.69 Å². The quantitative estimate of drug-likeness (QED) is 0.450. The van der Waals surface area contributed by atoms with Crippen LogP contribution in [0.2, 0.25) is 0 Å². The first kappa shape index (κ1) is 15.4. The first-order valence-electron chi connectivity index (χ1n) is 5.32. The number of halogens is 3. The molecule has 0 aliphatic rings. The van der Waals surface area contributed by atoms with Crippen molar-refractivity contribution in [1.82, 2.24) is 4.98 Å². The van der Waals surface area contributed by atoms with Gasteiger partial charge in [0.1, 0.15) is 0 Å². The van der Waals surface area contributed by atoms with E-state index in [1.807, 2.05) is 13.0 Å². The van der Waals surface area contributed by atoms with E-state index in [9.17, 15) is 10.1 Å². The van der Waals surface area contributed by atoms with Gasteiger partial charge in [-0.1, -0.05) is 0 Å². The van der Waals surface area contributed by atoms with Crippen molar-refractivity contribution in [2.24, 2.45) is 0 Å². The van der Waals surface area contributed by atoms with Crippen molar-refractivity contribution in [3.63, 3.8) is 0 Å². The van der Waals surface area contributed by atoms with Crippen LogP contribution >= 0.6 is 47.8 Å². The lowest BCUT2D eigenvalue weighted by Gasteiger charge is -2.11. The second-order valence-corrected chi connectivity index (χ2v) is 6.35. The molecule has 0 radical (unpaired) electrons. The number of aryl methyl sites for hydroxylation is 1. The van der Waals surface area contributed by atoms with Gasteiger partial charge in [-0.15, -0.1) is 0 Å². The Morgan fingerprint density at radius 1 is 1.25 bits per heavy atom. The SMILES string of the molecule is Cc1ccnc(Oc2c(Br)cc([N+](=O)[O-])cc2Br)c1Br. The lowest BCUT2D eigenvalue weighted by atomic mass is 10.3. The molecule has 104 valence electrons. The van der Waals surface area contributed by atoms with Gasteiger partial charge in [-0.25, -0.2) is 4.98 Å². The second-order valence-electron chi connectivity index (χ2n) is 3.84. The molecular weight excluding hydrogens is 460 g/mol. The van der Waals surface area contributed by atoms with Crippen molar-refractivity contribution in [1.29, 1.82) is 0 Å². The number of benzene rings is 1. The highest BCUT2D eigenvalue weighted by Crippen LogP contribution is 2.41. The average Bonchev–Trinajstić information content (AvgIpc) is 2.38. The van der Waals surface area contributed by atoms with Gasteiger partial charge < -0.3 is 4.74 Å². The van der Waals surface area contributed by atoms with Crippen molar-refractivity contribution in [2.75, 3.05) is 0 Å². The predicted molar refractivity (Wildman–Crippen MR) is 85.2 cm³/mol. The van der Waals surface area contributed by atoms with E-state index in [-0.39, 0.29) is 5.69 Å². The molecule has 0 N–H and O–H groups in total. The molecule has 20 heavy (non-hydrogen) atoms. The van der Waals surface area contributed by atoms with Gasteiger partial charge in [0.05, 0.1) is 18.3 Å². The Morgan fingerprint density at radius 3 is 2.40 bits per heavy atom. The van der Waals surface area contributed by atoms with Crippen LogP contribution in [-0.4, -0.2) is 9.91 Å². The van der Waals surface area contributed by atoms with Gasteiger partial charge in [0.15, 0.2) is 5.75 Å². The fourth-order valence-corrected chi connectivity index (χ4v) is 3.07. The number of nitrogens with zero attached hydrogens (tertiary/aromatic N) is 2. The topological polar surface area (TPSA) is 65.3 Å². The Labute approximate surface area is 139 Å². The molecule has 0 spiro atoms. The Bertz CT molecular complexity index is 669. The van der Waals surface area contributed by atoms with E-state index in [1.165, 1.54) is 12.1 Å². The molecule has 0 saturated carbocycles. The molecular formula is C12H7Br3N2O3. The molecule has 5 nitrogen and oxygen atoms in total. The summed E-state index contributed by atoms with van der Waals surface area (Å²) in [6.45, 7) is 1.92. The minimum Gasteiger partial charge on any atom is -0.435 e. The zero-order valence-corrected chi connectivity index (χ0v) is 14.8. The first-order valence-corrected chi connectivity index (χ1v) is 7.70. The summed E-state index contributed by atoms with van der Waals surface area (Å²) in [6, 6.07) is 4.60. The first-order chi connectivity index (χ1) is 9.40. The minimum absolute atomic E-state index is 0.0348.